The molecule has 0 rings (SSSR count). The predicted octanol–water partition coefficient (Wildman–Crippen LogP) is 6.69. The van der Waals surface area contributed by atoms with E-state index < -0.39 is 24.4 Å². The molecule has 0 unspecified atom stereocenters. The van der Waals surface area contributed by atoms with E-state index >= 15 is 0 Å². The van der Waals surface area contributed by atoms with Crippen LogP contribution in [0.5, 0.6) is 0 Å². The van der Waals surface area contributed by atoms with Gasteiger partial charge in [-0.3, -0.25) is 0 Å². The van der Waals surface area contributed by atoms with Crippen molar-refractivity contribution in [2.45, 2.75) is 82.7 Å². The maximum Gasteiger partial charge on any atom is 0.459 e. The van der Waals surface area contributed by atoms with Gasteiger partial charge in [0, 0.05) is 13.3 Å². The molecule has 0 aromatic heterocycles. The molecule has 9 heteroatoms. The highest BCUT2D eigenvalue weighted by molar-refractivity contribution is 7.80. The second-order valence-electron chi connectivity index (χ2n) is 5.70. The fraction of sp³-hybridized carbons (Fsp3) is 0.933. The van der Waals surface area contributed by atoms with Crippen LogP contribution >= 0.6 is 12.2 Å². The molecule has 0 amide bonds. The van der Waals surface area contributed by atoms with E-state index in [4.69, 9.17) is 17.0 Å². The van der Waals surface area contributed by atoms with Gasteiger partial charge in [-0.15, -0.1) is 0 Å². The summed E-state index contributed by atoms with van der Waals surface area (Å²) in [4.78, 5) is 0. The van der Waals surface area contributed by atoms with E-state index in [9.17, 15) is 30.7 Å². The Morgan fingerprint density at radius 1 is 0.750 bits per heavy atom. The van der Waals surface area contributed by atoms with Gasteiger partial charge in [0.1, 0.15) is 0 Å². The molecule has 0 aromatic rings. The van der Waals surface area contributed by atoms with Gasteiger partial charge in [0.15, 0.2) is 5.05 Å². The molecule has 0 atom stereocenters. The average Bonchev–Trinajstić information content (AvgIpc) is 2.42. The van der Waals surface area contributed by atoms with E-state index in [1.807, 2.05) is 0 Å². The van der Waals surface area contributed by atoms with Crippen LogP contribution in [0.4, 0.5) is 30.7 Å². The van der Waals surface area contributed by atoms with Gasteiger partial charge in [-0.25, -0.2) is 0 Å². The number of alkyl halides is 7. The minimum Gasteiger partial charge on any atom is -0.487 e. The number of hydrogen-bond acceptors (Lipinski definition) is 2. The third kappa shape index (κ3) is 8.48. The Morgan fingerprint density at radius 2 is 1.17 bits per heavy atom. The van der Waals surface area contributed by atoms with Crippen molar-refractivity contribution >= 4 is 17.3 Å². The molecule has 0 saturated heterocycles. The summed E-state index contributed by atoms with van der Waals surface area (Å²) in [6.45, 7) is 2.24. The van der Waals surface area contributed by atoms with Crippen LogP contribution in [0.15, 0.2) is 0 Å². The standard InChI is InChI=1S/C15H23F7OS/c1-12(24)23-11-9-7-5-3-2-4-6-8-10-13(16,17)14(18,19)15(20,21)22/h2-11H2,1H3. The quantitative estimate of drug-likeness (QED) is 0.210. The van der Waals surface area contributed by atoms with Crippen molar-refractivity contribution in [2.75, 3.05) is 6.61 Å². The second kappa shape index (κ2) is 10.4. The van der Waals surface area contributed by atoms with Gasteiger partial charge in [-0.1, -0.05) is 38.5 Å². The zero-order valence-electron chi connectivity index (χ0n) is 13.5. The molecular weight excluding hydrogens is 361 g/mol. The molecule has 0 aliphatic heterocycles. The number of ether oxygens (including phenoxy) is 1. The van der Waals surface area contributed by atoms with Crippen LogP contribution in [0.2, 0.25) is 0 Å². The van der Waals surface area contributed by atoms with Crippen LogP contribution in [-0.2, 0) is 4.74 Å². The summed E-state index contributed by atoms with van der Waals surface area (Å²) in [6, 6.07) is 0. The maximum atomic E-state index is 13.0. The molecule has 0 aromatic carbocycles. The lowest BCUT2D eigenvalue weighted by Crippen LogP contribution is -2.51. The van der Waals surface area contributed by atoms with Crippen molar-refractivity contribution in [2.24, 2.45) is 0 Å². The van der Waals surface area contributed by atoms with Crippen LogP contribution in [0.1, 0.15) is 64.7 Å². The van der Waals surface area contributed by atoms with Gasteiger partial charge in [0.05, 0.1) is 6.61 Å². The molecule has 0 heterocycles. The minimum absolute atomic E-state index is 0.205. The summed E-state index contributed by atoms with van der Waals surface area (Å²) in [5.41, 5.74) is 0. The van der Waals surface area contributed by atoms with E-state index in [0.29, 0.717) is 18.1 Å². The molecule has 0 fully saturated rings. The SMILES string of the molecule is CC(=S)OCCCCCCCCCCC(F)(F)C(F)(F)C(F)(F)F. The van der Waals surface area contributed by atoms with Crippen molar-refractivity contribution in [3.05, 3.63) is 0 Å². The van der Waals surface area contributed by atoms with Crippen molar-refractivity contribution in [1.29, 1.82) is 0 Å². The van der Waals surface area contributed by atoms with Gasteiger partial charge >= 0.3 is 18.0 Å². The predicted molar refractivity (Wildman–Crippen MR) is 81.7 cm³/mol. The normalized spacial score (nSPS) is 13.2. The highest BCUT2D eigenvalue weighted by Gasteiger charge is 2.72. The summed E-state index contributed by atoms with van der Waals surface area (Å²) in [7, 11) is 0. The summed E-state index contributed by atoms with van der Waals surface area (Å²) < 4.78 is 92.2. The lowest BCUT2D eigenvalue weighted by atomic mass is 10.0. The third-order valence-electron chi connectivity index (χ3n) is 3.51. The maximum absolute atomic E-state index is 13.0. The van der Waals surface area contributed by atoms with Gasteiger partial charge in [-0.2, -0.15) is 30.7 Å². The molecular formula is C15H23F7OS. The van der Waals surface area contributed by atoms with Crippen LogP contribution in [0.3, 0.4) is 0 Å². The Hall–Kier alpha value is -0.600. The molecule has 0 bridgehead atoms. The van der Waals surface area contributed by atoms with E-state index in [1.54, 1.807) is 6.92 Å². The van der Waals surface area contributed by atoms with Crippen molar-refractivity contribution in [1.82, 2.24) is 0 Å². The first-order valence-corrected chi connectivity index (χ1v) is 8.28. The van der Waals surface area contributed by atoms with Crippen molar-refractivity contribution < 1.29 is 35.5 Å². The van der Waals surface area contributed by atoms with Crippen LogP contribution in [0, 0.1) is 0 Å². The lowest BCUT2D eigenvalue weighted by Gasteiger charge is -2.28. The fourth-order valence-corrected chi connectivity index (χ4v) is 2.17. The molecule has 24 heavy (non-hydrogen) atoms. The lowest BCUT2D eigenvalue weighted by molar-refractivity contribution is -0.355. The van der Waals surface area contributed by atoms with Crippen LogP contribution in [-0.4, -0.2) is 29.7 Å². The number of unbranched alkanes of at least 4 members (excludes halogenated alkanes) is 7. The first kappa shape index (κ1) is 23.4. The van der Waals surface area contributed by atoms with Gasteiger partial charge in [0.2, 0.25) is 0 Å². The number of halogens is 7. The fourth-order valence-electron chi connectivity index (χ4n) is 2.09. The Balaban J connectivity index is 3.71. The number of thiocarbonyl (C=S) groups is 1. The third-order valence-corrected chi connectivity index (χ3v) is 3.62. The molecule has 0 aliphatic rings. The van der Waals surface area contributed by atoms with E-state index in [-0.39, 0.29) is 12.8 Å². The Bertz CT molecular complexity index is 369. The average molecular weight is 384 g/mol. The first-order chi connectivity index (χ1) is 10.9. The monoisotopic (exact) mass is 384 g/mol. The molecule has 0 N–H and O–H groups in total. The summed E-state index contributed by atoms with van der Waals surface area (Å²) in [5, 5.41) is 0.489. The topological polar surface area (TPSA) is 9.23 Å². The molecule has 0 spiro atoms. The largest absolute Gasteiger partial charge is 0.487 e. The van der Waals surface area contributed by atoms with Gasteiger partial charge in [-0.05, 0) is 25.1 Å². The van der Waals surface area contributed by atoms with E-state index in [1.165, 1.54) is 0 Å². The summed E-state index contributed by atoms with van der Waals surface area (Å²) in [6.07, 6.45) is -3.04. The zero-order valence-corrected chi connectivity index (χ0v) is 14.3. The summed E-state index contributed by atoms with van der Waals surface area (Å²) in [5.74, 6) is -11.0. The van der Waals surface area contributed by atoms with Gasteiger partial charge in [0.25, 0.3) is 0 Å². The second-order valence-corrected chi connectivity index (χ2v) is 6.27. The Labute approximate surface area is 142 Å². The Kier molecular flexibility index (Phi) is 10.1. The smallest absolute Gasteiger partial charge is 0.459 e. The van der Waals surface area contributed by atoms with Crippen molar-refractivity contribution in [3.8, 4) is 0 Å². The molecule has 0 radical (unpaired) electrons. The zero-order chi connectivity index (χ0) is 18.9. The van der Waals surface area contributed by atoms with Gasteiger partial charge < -0.3 is 4.74 Å². The highest BCUT2D eigenvalue weighted by atomic mass is 32.1. The Morgan fingerprint density at radius 3 is 1.58 bits per heavy atom. The minimum atomic E-state index is -6.23. The van der Waals surface area contributed by atoms with Crippen LogP contribution in [0.25, 0.3) is 0 Å². The molecule has 1 nitrogen and oxygen atoms in total. The number of hydrogen-bond donors (Lipinski definition) is 0. The first-order valence-electron chi connectivity index (χ1n) is 7.87. The highest BCUT2D eigenvalue weighted by Crippen LogP contribution is 2.48. The molecule has 0 saturated carbocycles. The van der Waals surface area contributed by atoms with Crippen molar-refractivity contribution in [3.63, 3.8) is 0 Å². The number of rotatable bonds is 12. The van der Waals surface area contributed by atoms with Crippen LogP contribution < -0.4 is 0 Å². The molecule has 144 valence electrons. The van der Waals surface area contributed by atoms with E-state index in [0.717, 1.165) is 32.1 Å². The van der Waals surface area contributed by atoms with E-state index in [2.05, 4.69) is 0 Å². The summed E-state index contributed by atoms with van der Waals surface area (Å²) >= 11 is 4.74. The molecule has 0 aliphatic carbocycles.